The second-order valence-corrected chi connectivity index (χ2v) is 8.89. The van der Waals surface area contributed by atoms with E-state index in [0.29, 0.717) is 19.4 Å². The fourth-order valence-corrected chi connectivity index (χ4v) is 4.32. The van der Waals surface area contributed by atoms with Crippen LogP contribution in [0.15, 0.2) is 16.3 Å². The summed E-state index contributed by atoms with van der Waals surface area (Å²) in [4.78, 5) is 12.6. The van der Waals surface area contributed by atoms with Gasteiger partial charge in [-0.05, 0) is 37.8 Å². The topological polar surface area (TPSA) is 72.5 Å². The van der Waals surface area contributed by atoms with Gasteiger partial charge in [-0.25, -0.2) is 8.42 Å². The zero-order valence-electron chi connectivity index (χ0n) is 11.5. The molecule has 1 aliphatic rings. The Bertz CT molecular complexity index is 579. The van der Waals surface area contributed by atoms with Crippen molar-refractivity contribution in [3.8, 4) is 0 Å². The van der Waals surface area contributed by atoms with Crippen LogP contribution in [0.2, 0.25) is 0 Å². The summed E-state index contributed by atoms with van der Waals surface area (Å²) in [5.41, 5.74) is 0. The summed E-state index contributed by atoms with van der Waals surface area (Å²) in [5.74, 6) is 0.00671. The highest BCUT2D eigenvalue weighted by atomic mass is 35.7. The number of rotatable bonds is 7. The van der Waals surface area contributed by atoms with Crippen molar-refractivity contribution in [2.75, 3.05) is 13.2 Å². The van der Waals surface area contributed by atoms with Crippen molar-refractivity contribution in [1.29, 1.82) is 0 Å². The van der Waals surface area contributed by atoms with Crippen LogP contribution in [0.5, 0.6) is 0 Å². The number of thiophene rings is 1. The standard InChI is InChI=1S/C13H18ClNO4S2/c14-21(17,18)13-6-4-11(20-13)7-8-15-12(16)5-3-10-2-1-9-19-10/h4,6,10H,1-3,5,7-9H2,(H,15,16). The first-order chi connectivity index (χ1) is 9.95. The lowest BCUT2D eigenvalue weighted by Crippen LogP contribution is -2.26. The molecular formula is C13H18ClNO4S2. The third-order valence-electron chi connectivity index (χ3n) is 3.29. The minimum absolute atomic E-state index is 0.00671. The Kier molecular flexibility index (Phi) is 6.04. The van der Waals surface area contributed by atoms with Crippen LogP contribution in [-0.2, 0) is 25.0 Å². The maximum Gasteiger partial charge on any atom is 0.270 e. The number of amides is 1. The average molecular weight is 352 g/mol. The van der Waals surface area contributed by atoms with E-state index in [2.05, 4.69) is 5.32 Å². The fourth-order valence-electron chi connectivity index (χ4n) is 2.20. The first kappa shape index (κ1) is 16.7. The lowest BCUT2D eigenvalue weighted by atomic mass is 10.1. The number of carbonyl (C=O) groups excluding carboxylic acids is 1. The number of hydrogen-bond donors (Lipinski definition) is 1. The van der Waals surface area contributed by atoms with Crippen LogP contribution < -0.4 is 5.32 Å². The zero-order chi connectivity index (χ0) is 15.3. The van der Waals surface area contributed by atoms with Gasteiger partial charge >= 0.3 is 0 Å². The Balaban J connectivity index is 1.66. The molecule has 1 aromatic heterocycles. The molecule has 0 bridgehead atoms. The van der Waals surface area contributed by atoms with Gasteiger partial charge in [0, 0.05) is 35.1 Å². The molecule has 21 heavy (non-hydrogen) atoms. The van der Waals surface area contributed by atoms with E-state index >= 15 is 0 Å². The van der Waals surface area contributed by atoms with Gasteiger partial charge in [0.05, 0.1) is 6.10 Å². The molecule has 5 nitrogen and oxygen atoms in total. The van der Waals surface area contributed by atoms with Crippen LogP contribution in [0.4, 0.5) is 0 Å². The average Bonchev–Trinajstić information content (AvgIpc) is 3.07. The minimum Gasteiger partial charge on any atom is -0.378 e. The number of nitrogens with one attached hydrogen (secondary N) is 1. The second kappa shape index (κ2) is 7.58. The third-order valence-corrected chi connectivity index (χ3v) is 6.53. The van der Waals surface area contributed by atoms with Crippen LogP contribution in [0.1, 0.15) is 30.6 Å². The molecule has 0 spiro atoms. The van der Waals surface area contributed by atoms with Crippen molar-refractivity contribution in [3.05, 3.63) is 17.0 Å². The SMILES string of the molecule is O=C(CCC1CCCO1)NCCc1ccc(S(=O)(=O)Cl)s1. The highest BCUT2D eigenvalue weighted by molar-refractivity contribution is 8.15. The van der Waals surface area contributed by atoms with Crippen molar-refractivity contribution in [2.24, 2.45) is 0 Å². The molecule has 0 aliphatic carbocycles. The number of carbonyl (C=O) groups is 1. The van der Waals surface area contributed by atoms with Gasteiger partial charge in [0.15, 0.2) is 0 Å². The van der Waals surface area contributed by atoms with Gasteiger partial charge in [-0.15, -0.1) is 11.3 Å². The van der Waals surface area contributed by atoms with E-state index in [0.717, 1.165) is 42.1 Å². The Morgan fingerprint density at radius 2 is 2.29 bits per heavy atom. The van der Waals surface area contributed by atoms with Crippen molar-refractivity contribution in [1.82, 2.24) is 5.32 Å². The molecular weight excluding hydrogens is 334 g/mol. The first-order valence-electron chi connectivity index (χ1n) is 6.87. The lowest BCUT2D eigenvalue weighted by Gasteiger charge is -2.09. The second-order valence-electron chi connectivity index (χ2n) is 4.93. The predicted molar refractivity (Wildman–Crippen MR) is 82.3 cm³/mol. The summed E-state index contributed by atoms with van der Waals surface area (Å²) in [6.45, 7) is 1.29. The summed E-state index contributed by atoms with van der Waals surface area (Å²) < 4.78 is 27.9. The minimum atomic E-state index is -3.65. The lowest BCUT2D eigenvalue weighted by molar-refractivity contribution is -0.121. The van der Waals surface area contributed by atoms with Crippen molar-refractivity contribution in [3.63, 3.8) is 0 Å². The quantitative estimate of drug-likeness (QED) is 0.765. The number of halogens is 1. The molecule has 2 rings (SSSR count). The largest absolute Gasteiger partial charge is 0.378 e. The Hall–Kier alpha value is -0.630. The van der Waals surface area contributed by atoms with Crippen molar-refractivity contribution in [2.45, 2.75) is 42.4 Å². The van der Waals surface area contributed by atoms with Crippen molar-refractivity contribution < 1.29 is 17.9 Å². The van der Waals surface area contributed by atoms with Gasteiger partial charge in [0.25, 0.3) is 9.05 Å². The summed E-state index contributed by atoms with van der Waals surface area (Å²) in [7, 11) is 1.61. The molecule has 1 atom stereocenters. The molecule has 0 aromatic carbocycles. The molecule has 118 valence electrons. The predicted octanol–water partition coefficient (Wildman–Crippen LogP) is 2.29. The number of ether oxygens (including phenoxy) is 1. The first-order valence-corrected chi connectivity index (χ1v) is 9.99. The highest BCUT2D eigenvalue weighted by Gasteiger charge is 2.16. The highest BCUT2D eigenvalue weighted by Crippen LogP contribution is 2.24. The molecule has 1 aromatic rings. The molecule has 1 aliphatic heterocycles. The molecule has 1 amide bonds. The molecule has 1 N–H and O–H groups in total. The molecule has 0 saturated carbocycles. The van der Waals surface area contributed by atoms with E-state index in [-0.39, 0.29) is 16.2 Å². The maximum atomic E-state index is 11.7. The van der Waals surface area contributed by atoms with Gasteiger partial charge < -0.3 is 10.1 Å². The Morgan fingerprint density at radius 3 is 2.90 bits per heavy atom. The molecule has 0 radical (unpaired) electrons. The van der Waals surface area contributed by atoms with Crippen LogP contribution in [0.25, 0.3) is 0 Å². The Morgan fingerprint density at radius 1 is 1.48 bits per heavy atom. The van der Waals surface area contributed by atoms with E-state index in [1.807, 2.05) is 0 Å². The molecule has 1 fully saturated rings. The van der Waals surface area contributed by atoms with Crippen LogP contribution in [0.3, 0.4) is 0 Å². The van der Waals surface area contributed by atoms with Gasteiger partial charge in [-0.1, -0.05) is 0 Å². The van der Waals surface area contributed by atoms with Gasteiger partial charge in [-0.3, -0.25) is 4.79 Å². The Labute approximate surface area is 133 Å². The summed E-state index contributed by atoms with van der Waals surface area (Å²) in [5, 5.41) is 2.83. The van der Waals surface area contributed by atoms with Crippen LogP contribution in [0, 0.1) is 0 Å². The van der Waals surface area contributed by atoms with Crippen molar-refractivity contribution >= 4 is 37.0 Å². The van der Waals surface area contributed by atoms with E-state index in [1.165, 1.54) is 6.07 Å². The van der Waals surface area contributed by atoms with Gasteiger partial charge in [-0.2, -0.15) is 0 Å². The maximum absolute atomic E-state index is 11.7. The third kappa shape index (κ3) is 5.58. The smallest absolute Gasteiger partial charge is 0.270 e. The normalized spacial score (nSPS) is 18.8. The van der Waals surface area contributed by atoms with E-state index in [4.69, 9.17) is 15.4 Å². The molecule has 2 heterocycles. The van der Waals surface area contributed by atoms with E-state index in [9.17, 15) is 13.2 Å². The van der Waals surface area contributed by atoms with E-state index in [1.54, 1.807) is 6.07 Å². The molecule has 8 heteroatoms. The van der Waals surface area contributed by atoms with Gasteiger partial charge in [0.2, 0.25) is 5.91 Å². The summed E-state index contributed by atoms with van der Waals surface area (Å²) in [6, 6.07) is 3.21. The summed E-state index contributed by atoms with van der Waals surface area (Å²) in [6.07, 6.45) is 4.18. The van der Waals surface area contributed by atoms with E-state index < -0.39 is 9.05 Å². The van der Waals surface area contributed by atoms with Crippen LogP contribution in [-0.4, -0.2) is 33.6 Å². The monoisotopic (exact) mass is 351 g/mol. The fraction of sp³-hybridized carbons (Fsp3) is 0.615. The molecule has 1 unspecified atom stereocenters. The molecule has 1 saturated heterocycles. The van der Waals surface area contributed by atoms with Crippen LogP contribution >= 0.6 is 22.0 Å². The summed E-state index contributed by atoms with van der Waals surface area (Å²) >= 11 is 1.13. The number of hydrogen-bond acceptors (Lipinski definition) is 5. The van der Waals surface area contributed by atoms with Gasteiger partial charge in [0.1, 0.15) is 4.21 Å². The zero-order valence-corrected chi connectivity index (χ0v) is 13.9.